The number of aryl methyl sites for hydroxylation is 1. The Labute approximate surface area is 110 Å². The molecule has 1 heterocycles. The molecule has 0 fully saturated rings. The van der Waals surface area contributed by atoms with Crippen molar-refractivity contribution in [3.05, 3.63) is 24.0 Å². The average molecular weight is 249 g/mol. The maximum atomic E-state index is 9.01. The number of methoxy groups -OCH3 is 1. The van der Waals surface area contributed by atoms with Crippen LogP contribution in [0.5, 0.6) is 0 Å². The maximum Gasteiger partial charge on any atom is 0.0684 e. The largest absolute Gasteiger partial charge is 0.383 e. The number of nitriles is 1. The van der Waals surface area contributed by atoms with E-state index in [0.29, 0.717) is 0 Å². The molecule has 1 N–H and O–H groups in total. The molecule has 0 aliphatic carbocycles. The van der Waals surface area contributed by atoms with Crippen molar-refractivity contribution in [1.29, 1.82) is 5.26 Å². The Hall–Kier alpha value is -1.31. The van der Waals surface area contributed by atoms with E-state index in [0.717, 1.165) is 32.7 Å². The van der Waals surface area contributed by atoms with E-state index in [9.17, 15) is 0 Å². The van der Waals surface area contributed by atoms with Gasteiger partial charge in [-0.2, -0.15) is 5.26 Å². The van der Waals surface area contributed by atoms with Gasteiger partial charge in [-0.3, -0.25) is 0 Å². The molecule has 0 aliphatic heterocycles. The van der Waals surface area contributed by atoms with E-state index in [1.54, 1.807) is 7.11 Å². The number of hydrogen-bond donors (Lipinski definition) is 1. The molecule has 0 radical (unpaired) electrons. The summed E-state index contributed by atoms with van der Waals surface area (Å²) in [6, 6.07) is 6.50. The Morgan fingerprint density at radius 2 is 2.28 bits per heavy atom. The van der Waals surface area contributed by atoms with Crippen LogP contribution in [-0.2, 0) is 17.8 Å². The smallest absolute Gasteiger partial charge is 0.0684 e. The molecule has 1 aromatic heterocycles. The molecular weight excluding hydrogens is 226 g/mol. The van der Waals surface area contributed by atoms with Crippen LogP contribution < -0.4 is 5.32 Å². The Kier molecular flexibility index (Phi) is 5.90. The summed E-state index contributed by atoms with van der Waals surface area (Å²) in [5.41, 5.74) is 0.991. The monoisotopic (exact) mass is 249 g/mol. The summed E-state index contributed by atoms with van der Waals surface area (Å²) in [5, 5.41) is 12.3. The fraction of sp³-hybridized carbons (Fsp3) is 0.643. The second-order valence-corrected chi connectivity index (χ2v) is 5.11. The normalized spacial score (nSPS) is 11.4. The fourth-order valence-electron chi connectivity index (χ4n) is 1.67. The van der Waals surface area contributed by atoms with E-state index in [1.165, 1.54) is 5.69 Å². The minimum absolute atomic E-state index is 0.259. The van der Waals surface area contributed by atoms with Gasteiger partial charge in [0.15, 0.2) is 0 Å². The van der Waals surface area contributed by atoms with Crippen LogP contribution >= 0.6 is 0 Å². The minimum Gasteiger partial charge on any atom is -0.383 e. The highest BCUT2D eigenvalue weighted by atomic mass is 16.5. The summed E-state index contributed by atoms with van der Waals surface area (Å²) in [6.45, 7) is 7.26. The Morgan fingerprint density at radius 1 is 1.50 bits per heavy atom. The molecule has 0 amide bonds. The second kappa shape index (κ2) is 7.20. The summed E-state index contributed by atoms with van der Waals surface area (Å²) in [4.78, 5) is 0. The summed E-state index contributed by atoms with van der Waals surface area (Å²) in [6.07, 6.45) is 2.93. The van der Waals surface area contributed by atoms with Gasteiger partial charge in [0, 0.05) is 38.6 Å². The maximum absolute atomic E-state index is 9.01. The molecule has 18 heavy (non-hydrogen) atoms. The molecule has 4 heteroatoms. The van der Waals surface area contributed by atoms with E-state index in [4.69, 9.17) is 10.00 Å². The minimum atomic E-state index is -0.259. The number of rotatable bonds is 8. The van der Waals surface area contributed by atoms with Crippen molar-refractivity contribution in [1.82, 2.24) is 9.88 Å². The number of nitrogens with one attached hydrogen (secondary N) is 1. The lowest BCUT2D eigenvalue weighted by Gasteiger charge is -2.17. The summed E-state index contributed by atoms with van der Waals surface area (Å²) < 4.78 is 7.20. The van der Waals surface area contributed by atoms with Gasteiger partial charge < -0.3 is 14.6 Å². The topological polar surface area (TPSA) is 50.0 Å². The molecule has 4 nitrogen and oxygen atoms in total. The molecule has 0 atom stereocenters. The van der Waals surface area contributed by atoms with E-state index in [2.05, 4.69) is 28.2 Å². The second-order valence-electron chi connectivity index (χ2n) is 5.11. The lowest BCUT2D eigenvalue weighted by molar-refractivity contribution is 0.199. The van der Waals surface area contributed by atoms with E-state index in [1.807, 2.05) is 19.9 Å². The van der Waals surface area contributed by atoms with Gasteiger partial charge >= 0.3 is 0 Å². The van der Waals surface area contributed by atoms with Crippen molar-refractivity contribution in [2.75, 3.05) is 20.3 Å². The molecule has 0 saturated heterocycles. The highest BCUT2D eigenvalue weighted by Crippen LogP contribution is 2.20. The Bertz CT molecular complexity index is 390. The number of aromatic nitrogens is 1. The SMILES string of the molecule is COCCNCc1cccn1CCC(C)(C)C#N. The molecule has 0 aromatic carbocycles. The van der Waals surface area contributed by atoms with Gasteiger partial charge in [-0.25, -0.2) is 0 Å². The van der Waals surface area contributed by atoms with Crippen molar-refractivity contribution >= 4 is 0 Å². The van der Waals surface area contributed by atoms with Gasteiger partial charge in [0.25, 0.3) is 0 Å². The van der Waals surface area contributed by atoms with Crippen molar-refractivity contribution in [2.45, 2.75) is 33.4 Å². The Balaban J connectivity index is 2.43. The van der Waals surface area contributed by atoms with Gasteiger partial charge in [-0.15, -0.1) is 0 Å². The molecule has 0 spiro atoms. The van der Waals surface area contributed by atoms with Crippen LogP contribution in [-0.4, -0.2) is 24.8 Å². The third kappa shape index (κ3) is 4.91. The van der Waals surface area contributed by atoms with Crippen LogP contribution in [0.4, 0.5) is 0 Å². The van der Waals surface area contributed by atoms with Crippen LogP contribution in [0, 0.1) is 16.7 Å². The predicted molar refractivity (Wildman–Crippen MR) is 72.0 cm³/mol. The average Bonchev–Trinajstić information content (AvgIpc) is 2.80. The zero-order valence-electron chi connectivity index (χ0n) is 11.6. The van der Waals surface area contributed by atoms with Crippen molar-refractivity contribution in [3.8, 4) is 6.07 Å². The standard InChI is InChI=1S/C14H23N3O/c1-14(2,12-15)6-9-17-8-4-5-13(17)11-16-7-10-18-3/h4-5,8,16H,6-7,9-11H2,1-3H3. The lowest BCUT2D eigenvalue weighted by atomic mass is 9.91. The first-order valence-corrected chi connectivity index (χ1v) is 6.34. The van der Waals surface area contributed by atoms with Gasteiger partial charge in [-0.1, -0.05) is 0 Å². The van der Waals surface area contributed by atoms with Crippen LogP contribution in [0.2, 0.25) is 0 Å². The third-order valence-corrected chi connectivity index (χ3v) is 2.99. The van der Waals surface area contributed by atoms with Crippen molar-refractivity contribution in [3.63, 3.8) is 0 Å². The highest BCUT2D eigenvalue weighted by Gasteiger charge is 2.16. The van der Waals surface area contributed by atoms with Gasteiger partial charge in [0.05, 0.1) is 18.1 Å². The summed E-state index contributed by atoms with van der Waals surface area (Å²) in [7, 11) is 1.70. The zero-order chi connectivity index (χ0) is 13.4. The van der Waals surface area contributed by atoms with Crippen molar-refractivity contribution in [2.24, 2.45) is 5.41 Å². The molecule has 100 valence electrons. The molecule has 0 saturated carbocycles. The molecule has 0 unspecified atom stereocenters. The molecule has 1 aromatic rings. The zero-order valence-corrected chi connectivity index (χ0v) is 11.6. The summed E-state index contributed by atoms with van der Waals surface area (Å²) >= 11 is 0. The lowest BCUT2D eigenvalue weighted by Crippen LogP contribution is -2.21. The fourth-order valence-corrected chi connectivity index (χ4v) is 1.67. The first-order valence-electron chi connectivity index (χ1n) is 6.34. The van der Waals surface area contributed by atoms with Gasteiger partial charge in [0.1, 0.15) is 0 Å². The van der Waals surface area contributed by atoms with Gasteiger partial charge in [-0.05, 0) is 32.4 Å². The first-order chi connectivity index (χ1) is 8.59. The first kappa shape index (κ1) is 14.7. The molecule has 0 aliphatic rings. The van der Waals surface area contributed by atoms with E-state index < -0.39 is 0 Å². The van der Waals surface area contributed by atoms with Crippen molar-refractivity contribution < 1.29 is 4.74 Å². The van der Waals surface area contributed by atoms with E-state index >= 15 is 0 Å². The highest BCUT2D eigenvalue weighted by molar-refractivity contribution is 5.07. The summed E-state index contributed by atoms with van der Waals surface area (Å²) in [5.74, 6) is 0. The third-order valence-electron chi connectivity index (χ3n) is 2.99. The number of nitrogens with zero attached hydrogens (tertiary/aromatic N) is 2. The van der Waals surface area contributed by atoms with Crippen LogP contribution in [0.25, 0.3) is 0 Å². The van der Waals surface area contributed by atoms with Crippen LogP contribution in [0.1, 0.15) is 26.0 Å². The van der Waals surface area contributed by atoms with Crippen LogP contribution in [0.15, 0.2) is 18.3 Å². The number of ether oxygens (including phenoxy) is 1. The molecule has 0 bridgehead atoms. The van der Waals surface area contributed by atoms with Crippen LogP contribution in [0.3, 0.4) is 0 Å². The molecule has 1 rings (SSSR count). The molecular formula is C14H23N3O. The van der Waals surface area contributed by atoms with Gasteiger partial charge in [0.2, 0.25) is 0 Å². The quantitative estimate of drug-likeness (QED) is 0.718. The Morgan fingerprint density at radius 3 is 2.94 bits per heavy atom. The predicted octanol–water partition coefficient (Wildman–Crippen LogP) is 2.16. The van der Waals surface area contributed by atoms with E-state index in [-0.39, 0.29) is 5.41 Å². The number of hydrogen-bond acceptors (Lipinski definition) is 3.